The van der Waals surface area contributed by atoms with Gasteiger partial charge in [0.1, 0.15) is 5.82 Å². The average molecular weight is 385 g/mol. The van der Waals surface area contributed by atoms with Gasteiger partial charge in [-0.3, -0.25) is 14.9 Å². The summed E-state index contributed by atoms with van der Waals surface area (Å²) < 4.78 is 0. The molecule has 2 aromatic rings. The van der Waals surface area contributed by atoms with Crippen LogP contribution in [-0.4, -0.2) is 40.1 Å². The van der Waals surface area contributed by atoms with E-state index in [0.717, 1.165) is 40.8 Å². The van der Waals surface area contributed by atoms with Gasteiger partial charge in [0.15, 0.2) is 5.82 Å². The number of nitrogens with zero attached hydrogens (tertiary/aromatic N) is 3. The van der Waals surface area contributed by atoms with Crippen molar-refractivity contribution in [3.05, 3.63) is 51.7 Å². The van der Waals surface area contributed by atoms with Gasteiger partial charge in [-0.05, 0) is 18.6 Å². The SMILES string of the molecule is CNC(=C[N+](=O)[O-])NCCCc1nc2ccc(C3=NNC(=O)CC3C)cc2[nH]1. The minimum atomic E-state index is -0.501. The van der Waals surface area contributed by atoms with Crippen molar-refractivity contribution in [1.29, 1.82) is 0 Å². The quantitative estimate of drug-likeness (QED) is 0.306. The maximum atomic E-state index is 11.4. The highest BCUT2D eigenvalue weighted by Crippen LogP contribution is 2.20. The summed E-state index contributed by atoms with van der Waals surface area (Å²) in [5, 5.41) is 20.4. The van der Waals surface area contributed by atoms with E-state index in [1.807, 2.05) is 25.1 Å². The molecule has 0 radical (unpaired) electrons. The van der Waals surface area contributed by atoms with Crippen molar-refractivity contribution in [2.24, 2.45) is 11.0 Å². The highest BCUT2D eigenvalue weighted by Gasteiger charge is 2.22. The number of aromatic nitrogens is 2. The molecule has 2 heterocycles. The van der Waals surface area contributed by atoms with Gasteiger partial charge in [0.2, 0.25) is 5.91 Å². The minimum absolute atomic E-state index is 0.0632. The summed E-state index contributed by atoms with van der Waals surface area (Å²) >= 11 is 0. The Morgan fingerprint density at radius 2 is 2.29 bits per heavy atom. The molecule has 1 amide bonds. The predicted octanol–water partition coefficient (Wildman–Crippen LogP) is 1.24. The molecule has 10 heteroatoms. The van der Waals surface area contributed by atoms with Gasteiger partial charge in [0.25, 0.3) is 6.20 Å². The zero-order valence-corrected chi connectivity index (χ0v) is 15.8. The molecule has 1 unspecified atom stereocenters. The van der Waals surface area contributed by atoms with Gasteiger partial charge in [0.05, 0.1) is 21.7 Å². The fourth-order valence-electron chi connectivity index (χ4n) is 3.13. The number of carbonyl (C=O) groups excluding carboxylic acids is 1. The molecule has 0 aliphatic carbocycles. The van der Waals surface area contributed by atoms with E-state index in [9.17, 15) is 14.9 Å². The van der Waals surface area contributed by atoms with E-state index in [0.29, 0.717) is 25.2 Å². The Kier molecular flexibility index (Phi) is 5.87. The topological polar surface area (TPSA) is 137 Å². The van der Waals surface area contributed by atoms with Gasteiger partial charge in [-0.15, -0.1) is 0 Å². The van der Waals surface area contributed by atoms with Crippen molar-refractivity contribution in [2.45, 2.75) is 26.2 Å². The van der Waals surface area contributed by atoms with Crippen LogP contribution in [0, 0.1) is 16.0 Å². The van der Waals surface area contributed by atoms with Gasteiger partial charge in [-0.25, -0.2) is 10.4 Å². The zero-order valence-electron chi connectivity index (χ0n) is 15.8. The Morgan fingerprint density at radius 1 is 1.46 bits per heavy atom. The Bertz CT molecular complexity index is 948. The van der Waals surface area contributed by atoms with E-state index in [1.54, 1.807) is 7.05 Å². The molecule has 0 bridgehead atoms. The van der Waals surface area contributed by atoms with Crippen LogP contribution < -0.4 is 16.1 Å². The highest BCUT2D eigenvalue weighted by molar-refractivity contribution is 6.07. The number of aryl methyl sites for hydroxylation is 1. The predicted molar refractivity (Wildman–Crippen MR) is 105 cm³/mol. The molecular weight excluding hydrogens is 362 g/mol. The summed E-state index contributed by atoms with van der Waals surface area (Å²) in [4.78, 5) is 29.3. The summed E-state index contributed by atoms with van der Waals surface area (Å²) in [6.07, 6.45) is 2.80. The molecule has 28 heavy (non-hydrogen) atoms. The van der Waals surface area contributed by atoms with E-state index in [4.69, 9.17) is 0 Å². The second-order valence-electron chi connectivity index (χ2n) is 6.66. The first-order chi connectivity index (χ1) is 13.5. The van der Waals surface area contributed by atoms with Crippen molar-refractivity contribution in [3.8, 4) is 0 Å². The number of H-pyrrole nitrogens is 1. The van der Waals surface area contributed by atoms with Gasteiger partial charge in [0, 0.05) is 37.9 Å². The third-order valence-electron chi connectivity index (χ3n) is 4.50. The van der Waals surface area contributed by atoms with Crippen molar-refractivity contribution in [2.75, 3.05) is 13.6 Å². The fraction of sp³-hybridized carbons (Fsp3) is 0.389. The van der Waals surface area contributed by atoms with Crippen molar-refractivity contribution in [3.63, 3.8) is 0 Å². The summed E-state index contributed by atoms with van der Waals surface area (Å²) in [6.45, 7) is 2.57. The molecule has 1 aromatic heterocycles. The first-order valence-corrected chi connectivity index (χ1v) is 9.08. The van der Waals surface area contributed by atoms with Crippen molar-refractivity contribution in [1.82, 2.24) is 26.0 Å². The normalized spacial score (nSPS) is 17.2. The number of benzene rings is 1. The Labute approximate surface area is 161 Å². The molecular formula is C18H23N7O3. The van der Waals surface area contributed by atoms with Gasteiger partial charge >= 0.3 is 0 Å². The number of nitro groups is 1. The van der Waals surface area contributed by atoms with Crippen LogP contribution in [0.5, 0.6) is 0 Å². The van der Waals surface area contributed by atoms with Gasteiger partial charge in [-0.2, -0.15) is 5.10 Å². The molecule has 148 valence electrons. The monoisotopic (exact) mass is 385 g/mol. The standard InChI is InChI=1S/C18H23N7O3/c1-11-8-17(26)23-24-18(11)12-5-6-13-14(9-12)22-15(21-13)4-3-7-20-16(19-2)10-25(27)28/h5-6,9-11,19-20H,3-4,7-8H2,1-2H3,(H,21,22)(H,23,26). The molecule has 1 aliphatic rings. The van der Waals surface area contributed by atoms with E-state index in [-0.39, 0.29) is 11.8 Å². The Hall–Kier alpha value is -3.43. The number of rotatable bonds is 8. The lowest BCUT2D eigenvalue weighted by Gasteiger charge is -2.18. The largest absolute Gasteiger partial charge is 0.370 e. The molecule has 1 atom stereocenters. The smallest absolute Gasteiger partial charge is 0.274 e. The third-order valence-corrected chi connectivity index (χ3v) is 4.50. The number of hydrogen-bond acceptors (Lipinski definition) is 7. The van der Waals surface area contributed by atoms with Crippen LogP contribution in [0.25, 0.3) is 11.0 Å². The molecule has 1 aliphatic heterocycles. The number of hydrogen-bond donors (Lipinski definition) is 4. The van der Waals surface area contributed by atoms with Crippen LogP contribution in [0.4, 0.5) is 0 Å². The lowest BCUT2D eigenvalue weighted by Crippen LogP contribution is -2.31. The number of nitrogens with one attached hydrogen (secondary N) is 4. The summed E-state index contributed by atoms with van der Waals surface area (Å²) in [5.74, 6) is 1.22. The lowest BCUT2D eigenvalue weighted by molar-refractivity contribution is -0.404. The van der Waals surface area contributed by atoms with Crippen molar-refractivity contribution >= 4 is 22.7 Å². The minimum Gasteiger partial charge on any atom is -0.370 e. The summed E-state index contributed by atoms with van der Waals surface area (Å²) in [7, 11) is 1.63. The molecule has 0 spiro atoms. The molecule has 0 fully saturated rings. The van der Waals surface area contributed by atoms with Crippen LogP contribution in [0.2, 0.25) is 0 Å². The first kappa shape index (κ1) is 19.3. The van der Waals surface area contributed by atoms with E-state index < -0.39 is 4.92 Å². The molecule has 0 saturated heterocycles. The van der Waals surface area contributed by atoms with E-state index in [2.05, 4.69) is 31.1 Å². The number of amides is 1. The molecule has 4 N–H and O–H groups in total. The lowest BCUT2D eigenvalue weighted by atomic mass is 9.94. The Morgan fingerprint density at radius 3 is 3.00 bits per heavy atom. The number of hydrazone groups is 1. The number of imidazole rings is 1. The maximum Gasteiger partial charge on any atom is 0.274 e. The fourth-order valence-corrected chi connectivity index (χ4v) is 3.13. The van der Waals surface area contributed by atoms with Gasteiger partial charge < -0.3 is 15.6 Å². The highest BCUT2D eigenvalue weighted by atomic mass is 16.6. The first-order valence-electron chi connectivity index (χ1n) is 9.08. The molecule has 3 rings (SSSR count). The van der Waals surface area contributed by atoms with Crippen LogP contribution in [0.3, 0.4) is 0 Å². The zero-order chi connectivity index (χ0) is 20.1. The van der Waals surface area contributed by atoms with Crippen LogP contribution in [0.1, 0.15) is 31.2 Å². The number of fused-ring (bicyclic) bond motifs is 1. The number of aromatic amines is 1. The second kappa shape index (κ2) is 8.51. The van der Waals surface area contributed by atoms with E-state index in [1.165, 1.54) is 0 Å². The van der Waals surface area contributed by atoms with E-state index >= 15 is 0 Å². The molecule has 1 aromatic carbocycles. The van der Waals surface area contributed by atoms with Crippen LogP contribution in [-0.2, 0) is 11.2 Å². The Balaban J connectivity index is 1.63. The molecule has 10 nitrogen and oxygen atoms in total. The van der Waals surface area contributed by atoms with Gasteiger partial charge in [-0.1, -0.05) is 13.0 Å². The summed E-state index contributed by atoms with van der Waals surface area (Å²) in [6, 6.07) is 5.90. The summed E-state index contributed by atoms with van der Waals surface area (Å²) in [5.41, 5.74) is 6.14. The maximum absolute atomic E-state index is 11.4. The number of carbonyl (C=O) groups is 1. The van der Waals surface area contributed by atoms with Crippen molar-refractivity contribution < 1.29 is 9.72 Å². The van der Waals surface area contributed by atoms with Crippen LogP contribution in [0.15, 0.2) is 35.3 Å². The van der Waals surface area contributed by atoms with Crippen LogP contribution >= 0.6 is 0 Å². The molecule has 0 saturated carbocycles. The second-order valence-corrected chi connectivity index (χ2v) is 6.66. The third kappa shape index (κ3) is 4.64. The average Bonchev–Trinajstić information content (AvgIpc) is 3.05.